The van der Waals surface area contributed by atoms with Crippen molar-refractivity contribution in [3.8, 4) is 0 Å². The van der Waals surface area contributed by atoms with E-state index in [0.29, 0.717) is 0 Å². The SMILES string of the molecule is NNc1c(Br)c(Br)cc(Br)c1Br.O=S(=O)(O)O. The van der Waals surface area contributed by atoms with Crippen LogP contribution >= 0.6 is 63.7 Å². The van der Waals surface area contributed by atoms with Crippen LogP contribution < -0.4 is 11.3 Å². The highest BCUT2D eigenvalue weighted by Crippen LogP contribution is 2.40. The fourth-order valence-corrected chi connectivity index (χ4v) is 2.98. The number of benzene rings is 1. The van der Waals surface area contributed by atoms with Crippen LogP contribution in [0.5, 0.6) is 0 Å². The number of halogens is 4. The lowest BCUT2D eigenvalue weighted by Gasteiger charge is -2.09. The van der Waals surface area contributed by atoms with Gasteiger partial charge in [0.25, 0.3) is 0 Å². The molecule has 0 spiro atoms. The summed E-state index contributed by atoms with van der Waals surface area (Å²) >= 11 is 13.5. The molecule has 0 saturated heterocycles. The van der Waals surface area contributed by atoms with Crippen molar-refractivity contribution in [1.29, 1.82) is 0 Å². The van der Waals surface area contributed by atoms with Crippen LogP contribution in [0.15, 0.2) is 24.0 Å². The van der Waals surface area contributed by atoms with Crippen LogP contribution in [-0.2, 0) is 10.4 Å². The van der Waals surface area contributed by atoms with E-state index in [-0.39, 0.29) is 0 Å². The molecule has 5 N–H and O–H groups in total. The van der Waals surface area contributed by atoms with Crippen LogP contribution in [0.4, 0.5) is 5.69 Å². The molecule has 6 nitrogen and oxygen atoms in total. The van der Waals surface area contributed by atoms with Crippen LogP contribution in [0, 0.1) is 0 Å². The molecular weight excluding hydrogens is 516 g/mol. The Balaban J connectivity index is 0.000000437. The molecule has 0 aliphatic rings. The predicted octanol–water partition coefficient (Wildman–Crippen LogP) is 3.37. The maximum absolute atomic E-state index is 8.74. The topological polar surface area (TPSA) is 113 Å². The minimum Gasteiger partial charge on any atom is -0.322 e. The van der Waals surface area contributed by atoms with Gasteiger partial charge in [-0.2, -0.15) is 8.42 Å². The lowest BCUT2D eigenvalue weighted by molar-refractivity contribution is 0.381. The van der Waals surface area contributed by atoms with E-state index in [1.165, 1.54) is 0 Å². The third-order valence-electron chi connectivity index (χ3n) is 1.26. The smallest absolute Gasteiger partial charge is 0.322 e. The molecule has 0 aromatic heterocycles. The van der Waals surface area contributed by atoms with E-state index in [9.17, 15) is 0 Å². The number of hydrogen-bond donors (Lipinski definition) is 4. The van der Waals surface area contributed by atoms with Crippen LogP contribution in [0.3, 0.4) is 0 Å². The minimum absolute atomic E-state index is 0.802. The van der Waals surface area contributed by atoms with Gasteiger partial charge in [-0.3, -0.25) is 14.9 Å². The molecule has 98 valence electrons. The molecule has 0 amide bonds. The van der Waals surface area contributed by atoms with Crippen molar-refractivity contribution in [2.24, 2.45) is 5.84 Å². The van der Waals surface area contributed by atoms with Gasteiger partial charge in [0.1, 0.15) is 0 Å². The second-order valence-electron chi connectivity index (χ2n) is 2.44. The average molecular weight is 522 g/mol. The molecule has 17 heavy (non-hydrogen) atoms. The summed E-state index contributed by atoms with van der Waals surface area (Å²) in [4.78, 5) is 0. The van der Waals surface area contributed by atoms with Gasteiger partial charge in [-0.15, -0.1) is 0 Å². The predicted molar refractivity (Wildman–Crippen MR) is 79.2 cm³/mol. The molecule has 1 aromatic rings. The van der Waals surface area contributed by atoms with E-state index in [2.05, 4.69) is 69.1 Å². The van der Waals surface area contributed by atoms with E-state index < -0.39 is 10.4 Å². The summed E-state index contributed by atoms with van der Waals surface area (Å²) in [5.74, 6) is 5.34. The summed E-state index contributed by atoms with van der Waals surface area (Å²) in [5.41, 5.74) is 3.39. The van der Waals surface area contributed by atoms with Gasteiger partial charge in [0, 0.05) is 8.95 Å². The normalized spacial score (nSPS) is 10.5. The molecule has 0 atom stereocenters. The van der Waals surface area contributed by atoms with Gasteiger partial charge in [0.05, 0.1) is 14.6 Å². The summed E-state index contributed by atoms with van der Waals surface area (Å²) in [5, 5.41) is 0. The summed E-state index contributed by atoms with van der Waals surface area (Å²) in [6.45, 7) is 0. The first-order valence-electron chi connectivity index (χ1n) is 3.57. The Morgan fingerprint density at radius 3 is 1.59 bits per heavy atom. The Hall–Kier alpha value is 0.770. The zero-order valence-corrected chi connectivity index (χ0v) is 14.9. The first-order chi connectivity index (χ1) is 7.57. The molecule has 0 radical (unpaired) electrons. The second-order valence-corrected chi connectivity index (χ2v) is 6.63. The van der Waals surface area contributed by atoms with Gasteiger partial charge in [-0.05, 0) is 69.8 Å². The molecule has 0 heterocycles. The summed E-state index contributed by atoms with van der Waals surface area (Å²) in [6, 6.07) is 1.93. The van der Waals surface area contributed by atoms with Gasteiger partial charge in [0.15, 0.2) is 0 Å². The van der Waals surface area contributed by atoms with Crippen molar-refractivity contribution < 1.29 is 17.5 Å². The molecule has 0 unspecified atom stereocenters. The van der Waals surface area contributed by atoms with Crippen molar-refractivity contribution in [1.82, 2.24) is 0 Å². The van der Waals surface area contributed by atoms with Gasteiger partial charge in [0.2, 0.25) is 0 Å². The second kappa shape index (κ2) is 7.38. The third-order valence-corrected chi connectivity index (χ3v) is 5.22. The number of hydrazine groups is 1. The van der Waals surface area contributed by atoms with Crippen molar-refractivity contribution >= 4 is 79.8 Å². The molecular formula is C6H6Br4N2O4S. The molecule has 0 aliphatic heterocycles. The lowest BCUT2D eigenvalue weighted by atomic mass is 10.3. The van der Waals surface area contributed by atoms with E-state index in [4.69, 9.17) is 23.4 Å². The molecule has 0 saturated carbocycles. The van der Waals surface area contributed by atoms with Crippen molar-refractivity contribution in [2.45, 2.75) is 0 Å². The van der Waals surface area contributed by atoms with Crippen LogP contribution in [0.25, 0.3) is 0 Å². The van der Waals surface area contributed by atoms with Crippen LogP contribution in [0.1, 0.15) is 0 Å². The fourth-order valence-electron chi connectivity index (χ4n) is 0.700. The highest BCUT2D eigenvalue weighted by atomic mass is 79.9. The van der Waals surface area contributed by atoms with E-state index >= 15 is 0 Å². The first-order valence-corrected chi connectivity index (χ1v) is 8.14. The Morgan fingerprint density at radius 2 is 1.35 bits per heavy atom. The Morgan fingerprint density at radius 1 is 1.06 bits per heavy atom. The van der Waals surface area contributed by atoms with Crippen molar-refractivity contribution in [3.05, 3.63) is 24.0 Å². The zero-order chi connectivity index (χ0) is 13.8. The number of nitrogen functional groups attached to an aromatic ring is 1. The zero-order valence-electron chi connectivity index (χ0n) is 7.79. The van der Waals surface area contributed by atoms with E-state index in [1.54, 1.807) is 0 Å². The van der Waals surface area contributed by atoms with Crippen molar-refractivity contribution in [3.63, 3.8) is 0 Å². The standard InChI is InChI=1S/C6H4Br4N2.H2O4S/c7-2-1-3(8)5(10)6(12-11)4(2)9;1-5(2,3)4/h1,12H,11H2;(H2,1,2,3,4). The number of hydrogen-bond acceptors (Lipinski definition) is 4. The molecule has 1 rings (SSSR count). The van der Waals surface area contributed by atoms with E-state index in [1.807, 2.05) is 6.07 Å². The summed E-state index contributed by atoms with van der Waals surface area (Å²) in [6.07, 6.45) is 0. The highest BCUT2D eigenvalue weighted by molar-refractivity contribution is 9.14. The maximum atomic E-state index is 8.74. The lowest BCUT2D eigenvalue weighted by Crippen LogP contribution is -2.08. The molecule has 0 aliphatic carbocycles. The van der Waals surface area contributed by atoms with Gasteiger partial charge in [-0.1, -0.05) is 0 Å². The van der Waals surface area contributed by atoms with Crippen molar-refractivity contribution in [2.75, 3.05) is 5.43 Å². The molecule has 1 aromatic carbocycles. The molecule has 0 fully saturated rings. The number of nitrogens with two attached hydrogens (primary N) is 1. The highest BCUT2D eigenvalue weighted by Gasteiger charge is 2.10. The Labute approximate surface area is 131 Å². The third kappa shape index (κ3) is 7.06. The average Bonchev–Trinajstić information content (AvgIpc) is 2.13. The van der Waals surface area contributed by atoms with Crippen LogP contribution in [-0.4, -0.2) is 17.5 Å². The van der Waals surface area contributed by atoms with Gasteiger partial charge >= 0.3 is 10.4 Å². The van der Waals surface area contributed by atoms with E-state index in [0.717, 1.165) is 23.6 Å². The molecule has 11 heteroatoms. The van der Waals surface area contributed by atoms with Gasteiger partial charge < -0.3 is 5.43 Å². The largest absolute Gasteiger partial charge is 0.394 e. The maximum Gasteiger partial charge on any atom is 0.394 e. The number of nitrogens with one attached hydrogen (secondary N) is 1. The van der Waals surface area contributed by atoms with Crippen LogP contribution in [0.2, 0.25) is 0 Å². The molecule has 0 bridgehead atoms. The Bertz CT molecular complexity index is 473. The number of anilines is 1. The monoisotopic (exact) mass is 518 g/mol. The Kier molecular flexibility index (Phi) is 7.72. The first kappa shape index (κ1) is 17.8. The minimum atomic E-state index is -4.67. The van der Waals surface area contributed by atoms with Gasteiger partial charge in [-0.25, -0.2) is 0 Å². The summed E-state index contributed by atoms with van der Waals surface area (Å²) in [7, 11) is -4.67. The quantitative estimate of drug-likeness (QED) is 0.195. The summed E-state index contributed by atoms with van der Waals surface area (Å²) < 4.78 is 35.2. The fraction of sp³-hybridized carbons (Fsp3) is 0. The number of rotatable bonds is 1.